The summed E-state index contributed by atoms with van der Waals surface area (Å²) >= 11 is 6.34. The van der Waals surface area contributed by atoms with Crippen LogP contribution in [0.2, 0.25) is 5.02 Å². The molecular formula is C17H25ClN2O. The van der Waals surface area contributed by atoms with Crippen LogP contribution in [-0.2, 0) is 5.41 Å². The topological polar surface area (TPSA) is 32.3 Å². The molecule has 2 amide bonds. The van der Waals surface area contributed by atoms with Gasteiger partial charge in [-0.05, 0) is 36.0 Å². The molecule has 4 heteroatoms. The van der Waals surface area contributed by atoms with Gasteiger partial charge in [0.25, 0.3) is 0 Å². The van der Waals surface area contributed by atoms with Gasteiger partial charge in [-0.1, -0.05) is 51.3 Å². The Bertz CT molecular complexity index is 500. The third kappa shape index (κ3) is 4.37. The number of nitrogens with one attached hydrogen (secondary N) is 1. The highest BCUT2D eigenvalue weighted by atomic mass is 35.5. The number of nitrogens with zero attached hydrogens (tertiary/aromatic N) is 1. The second-order valence-corrected chi connectivity index (χ2v) is 7.18. The minimum absolute atomic E-state index is 0.00437. The fraction of sp³-hybridized carbons (Fsp3) is 0.588. The lowest BCUT2D eigenvalue weighted by Gasteiger charge is -2.23. The maximum Gasteiger partial charge on any atom is 0.321 e. The van der Waals surface area contributed by atoms with Gasteiger partial charge in [0.2, 0.25) is 0 Å². The lowest BCUT2D eigenvalue weighted by Crippen LogP contribution is -2.35. The first-order valence-corrected chi connectivity index (χ1v) is 8.12. The number of carbonyl (C=O) groups excluding carboxylic acids is 1. The number of hydrogen-bond acceptors (Lipinski definition) is 1. The number of urea groups is 1. The highest BCUT2D eigenvalue weighted by molar-refractivity contribution is 6.31. The molecular weight excluding hydrogens is 284 g/mol. The van der Waals surface area contributed by atoms with Gasteiger partial charge < -0.3 is 10.2 Å². The number of amides is 2. The maximum absolute atomic E-state index is 12.3. The Hall–Kier alpha value is -1.22. The van der Waals surface area contributed by atoms with Crippen LogP contribution in [0.4, 0.5) is 10.5 Å². The minimum Gasteiger partial charge on any atom is -0.325 e. The average Bonchev–Trinajstić information content (AvgIpc) is 2.66. The summed E-state index contributed by atoms with van der Waals surface area (Å²) in [5.74, 6) is 0. The van der Waals surface area contributed by atoms with E-state index >= 15 is 0 Å². The van der Waals surface area contributed by atoms with Crippen molar-refractivity contribution in [1.82, 2.24) is 4.90 Å². The lowest BCUT2D eigenvalue weighted by molar-refractivity contribution is 0.214. The molecule has 1 fully saturated rings. The van der Waals surface area contributed by atoms with Crippen molar-refractivity contribution in [2.24, 2.45) is 0 Å². The summed E-state index contributed by atoms with van der Waals surface area (Å²) < 4.78 is 0. The second kappa shape index (κ2) is 6.69. The van der Waals surface area contributed by atoms with Gasteiger partial charge in [0, 0.05) is 23.8 Å². The first kappa shape index (κ1) is 16.2. The molecule has 0 unspecified atom stereocenters. The highest BCUT2D eigenvalue weighted by Gasteiger charge is 2.19. The molecule has 1 heterocycles. The van der Waals surface area contributed by atoms with E-state index in [1.165, 1.54) is 12.8 Å². The van der Waals surface area contributed by atoms with Gasteiger partial charge in [0.15, 0.2) is 0 Å². The molecule has 2 rings (SSSR count). The van der Waals surface area contributed by atoms with Gasteiger partial charge in [0.1, 0.15) is 0 Å². The SMILES string of the molecule is CC(C)(C)c1ccc(NC(=O)N2CCCCCC2)cc1Cl. The van der Waals surface area contributed by atoms with Gasteiger partial charge in [0.05, 0.1) is 0 Å². The molecule has 0 radical (unpaired) electrons. The molecule has 1 aliphatic rings. The van der Waals surface area contributed by atoms with E-state index in [1.807, 2.05) is 23.1 Å². The predicted octanol–water partition coefficient (Wildman–Crippen LogP) is 5.05. The van der Waals surface area contributed by atoms with Crippen LogP contribution in [0.3, 0.4) is 0 Å². The maximum atomic E-state index is 12.3. The Labute approximate surface area is 132 Å². The van der Waals surface area contributed by atoms with Crippen LogP contribution >= 0.6 is 11.6 Å². The largest absolute Gasteiger partial charge is 0.325 e. The van der Waals surface area contributed by atoms with Crippen LogP contribution in [0, 0.1) is 0 Å². The summed E-state index contributed by atoms with van der Waals surface area (Å²) in [6.45, 7) is 8.08. The Kier molecular flexibility index (Phi) is 5.15. The zero-order valence-electron chi connectivity index (χ0n) is 13.2. The van der Waals surface area contributed by atoms with Crippen molar-refractivity contribution in [1.29, 1.82) is 0 Å². The van der Waals surface area contributed by atoms with Gasteiger partial charge in [-0.15, -0.1) is 0 Å². The predicted molar refractivity (Wildman–Crippen MR) is 89.2 cm³/mol. The van der Waals surface area contributed by atoms with E-state index in [-0.39, 0.29) is 11.4 Å². The van der Waals surface area contributed by atoms with Gasteiger partial charge >= 0.3 is 6.03 Å². The Morgan fingerprint density at radius 1 is 1.14 bits per heavy atom. The van der Waals surface area contributed by atoms with Crippen molar-refractivity contribution >= 4 is 23.3 Å². The van der Waals surface area contributed by atoms with E-state index in [9.17, 15) is 4.79 Å². The lowest BCUT2D eigenvalue weighted by atomic mass is 9.87. The molecule has 116 valence electrons. The van der Waals surface area contributed by atoms with E-state index in [4.69, 9.17) is 11.6 Å². The minimum atomic E-state index is -0.0172. The van der Waals surface area contributed by atoms with Gasteiger partial charge in [-0.25, -0.2) is 4.79 Å². The first-order chi connectivity index (χ1) is 9.88. The highest BCUT2D eigenvalue weighted by Crippen LogP contribution is 2.31. The number of halogens is 1. The zero-order chi connectivity index (χ0) is 15.5. The fourth-order valence-electron chi connectivity index (χ4n) is 2.68. The monoisotopic (exact) mass is 308 g/mol. The molecule has 1 aliphatic heterocycles. The Morgan fingerprint density at radius 2 is 1.76 bits per heavy atom. The molecule has 0 bridgehead atoms. The van der Waals surface area contributed by atoms with Crippen LogP contribution in [0.5, 0.6) is 0 Å². The molecule has 0 spiro atoms. The molecule has 1 N–H and O–H groups in total. The normalized spacial score (nSPS) is 16.5. The van der Waals surface area contributed by atoms with E-state index in [2.05, 4.69) is 26.1 Å². The van der Waals surface area contributed by atoms with E-state index in [1.54, 1.807) is 0 Å². The smallest absolute Gasteiger partial charge is 0.321 e. The van der Waals surface area contributed by atoms with Gasteiger partial charge in [-0.2, -0.15) is 0 Å². The van der Waals surface area contributed by atoms with E-state index < -0.39 is 0 Å². The van der Waals surface area contributed by atoms with E-state index in [0.29, 0.717) is 5.02 Å². The number of benzene rings is 1. The van der Waals surface area contributed by atoms with Crippen LogP contribution in [0.15, 0.2) is 18.2 Å². The molecule has 1 saturated heterocycles. The number of hydrogen-bond donors (Lipinski definition) is 1. The van der Waals surface area contributed by atoms with E-state index in [0.717, 1.165) is 37.2 Å². The molecule has 3 nitrogen and oxygen atoms in total. The van der Waals surface area contributed by atoms with Crippen LogP contribution < -0.4 is 5.32 Å². The van der Waals surface area contributed by atoms with Crippen molar-refractivity contribution in [3.63, 3.8) is 0 Å². The van der Waals surface area contributed by atoms with Gasteiger partial charge in [-0.3, -0.25) is 0 Å². The number of carbonyl (C=O) groups is 1. The summed E-state index contributed by atoms with van der Waals surface area (Å²) in [4.78, 5) is 14.2. The standard InChI is InChI=1S/C17H25ClN2O/c1-17(2,3)14-9-8-13(12-15(14)18)19-16(21)20-10-6-4-5-7-11-20/h8-9,12H,4-7,10-11H2,1-3H3,(H,19,21). The zero-order valence-corrected chi connectivity index (χ0v) is 14.0. The van der Waals surface area contributed by atoms with Crippen molar-refractivity contribution in [2.45, 2.75) is 51.9 Å². The fourth-order valence-corrected chi connectivity index (χ4v) is 3.14. The molecule has 0 atom stereocenters. The van der Waals surface area contributed by atoms with Crippen molar-refractivity contribution < 1.29 is 4.79 Å². The molecule has 0 aliphatic carbocycles. The summed E-state index contributed by atoms with van der Waals surface area (Å²) in [7, 11) is 0. The molecule has 1 aromatic rings. The number of likely N-dealkylation sites (tertiary alicyclic amines) is 1. The van der Waals surface area contributed by atoms with Crippen molar-refractivity contribution in [3.05, 3.63) is 28.8 Å². The molecule has 0 saturated carbocycles. The Balaban J connectivity index is 2.05. The summed E-state index contributed by atoms with van der Waals surface area (Å²) in [5, 5.41) is 3.67. The molecule has 1 aromatic carbocycles. The third-order valence-electron chi connectivity index (χ3n) is 3.92. The second-order valence-electron chi connectivity index (χ2n) is 6.78. The van der Waals surface area contributed by atoms with Crippen LogP contribution in [0.1, 0.15) is 52.0 Å². The summed E-state index contributed by atoms with van der Waals surface area (Å²) in [5.41, 5.74) is 1.86. The summed E-state index contributed by atoms with van der Waals surface area (Å²) in [6.07, 6.45) is 4.63. The quantitative estimate of drug-likeness (QED) is 0.774. The van der Waals surface area contributed by atoms with Crippen molar-refractivity contribution in [2.75, 3.05) is 18.4 Å². The first-order valence-electron chi connectivity index (χ1n) is 7.74. The number of anilines is 1. The third-order valence-corrected chi connectivity index (χ3v) is 4.23. The van der Waals surface area contributed by atoms with Crippen molar-refractivity contribution in [3.8, 4) is 0 Å². The molecule has 0 aromatic heterocycles. The number of rotatable bonds is 1. The molecule has 21 heavy (non-hydrogen) atoms. The van der Waals surface area contributed by atoms with Crippen LogP contribution in [0.25, 0.3) is 0 Å². The Morgan fingerprint density at radius 3 is 2.29 bits per heavy atom. The average molecular weight is 309 g/mol. The summed E-state index contributed by atoms with van der Waals surface area (Å²) in [6, 6.07) is 5.76. The van der Waals surface area contributed by atoms with Crippen LogP contribution in [-0.4, -0.2) is 24.0 Å².